The molecule has 1 atom stereocenters. The summed E-state index contributed by atoms with van der Waals surface area (Å²) in [5.41, 5.74) is 2.13. The second-order valence-corrected chi connectivity index (χ2v) is 11.0. The summed E-state index contributed by atoms with van der Waals surface area (Å²) in [4.78, 5) is 40.0. The van der Waals surface area contributed by atoms with Crippen molar-refractivity contribution in [2.75, 3.05) is 12.8 Å². The predicted octanol–water partition coefficient (Wildman–Crippen LogP) is 2.90. The van der Waals surface area contributed by atoms with Gasteiger partial charge < -0.3 is 10.2 Å². The Morgan fingerprint density at radius 2 is 1.83 bits per heavy atom. The van der Waals surface area contributed by atoms with Gasteiger partial charge in [-0.2, -0.15) is 0 Å². The van der Waals surface area contributed by atoms with Crippen LogP contribution in [-0.2, 0) is 14.4 Å². The van der Waals surface area contributed by atoms with Crippen molar-refractivity contribution in [2.24, 2.45) is 16.4 Å². The molecule has 1 aliphatic carbocycles. The van der Waals surface area contributed by atoms with E-state index in [2.05, 4.69) is 29.7 Å². The highest BCUT2D eigenvalue weighted by Gasteiger charge is 2.36. The molecule has 0 bridgehead atoms. The number of amidine groups is 1. The molecule has 1 heterocycles. The lowest BCUT2D eigenvalue weighted by Crippen LogP contribution is -2.50. The third-order valence-corrected chi connectivity index (χ3v) is 7.13. The summed E-state index contributed by atoms with van der Waals surface area (Å²) in [6.07, 6.45) is 5.32. The smallest absolute Gasteiger partial charge is 0.309 e. The first kappa shape index (κ1) is 23.7. The molecule has 2 N–H and O–H groups in total. The Bertz CT molecular complexity index is 663. The molecule has 2 aliphatic rings. The highest BCUT2D eigenvalue weighted by atomic mass is 32.2. The lowest BCUT2D eigenvalue weighted by molar-refractivity contribution is -0.141. The number of hydrogen-bond acceptors (Lipinski definition) is 5. The molecule has 0 aromatic carbocycles. The van der Waals surface area contributed by atoms with Gasteiger partial charge in [0.1, 0.15) is 0 Å². The Labute approximate surface area is 178 Å². The maximum Gasteiger partial charge on any atom is 0.309 e. The van der Waals surface area contributed by atoms with Crippen LogP contribution >= 0.6 is 11.8 Å². The van der Waals surface area contributed by atoms with E-state index in [4.69, 9.17) is 0 Å². The van der Waals surface area contributed by atoms with E-state index in [0.29, 0.717) is 11.6 Å². The highest BCUT2D eigenvalue weighted by molar-refractivity contribution is 8.14. The number of hydrogen-bond donors (Lipinski definition) is 2. The first-order valence-corrected chi connectivity index (χ1v) is 11.5. The van der Waals surface area contributed by atoms with Crippen LogP contribution in [0.25, 0.3) is 0 Å². The average Bonchev–Trinajstić information content (AvgIpc) is 2.91. The summed E-state index contributed by atoms with van der Waals surface area (Å²) in [5, 5.41) is 7.68. The Morgan fingerprint density at radius 3 is 2.34 bits per heavy atom. The topological polar surface area (TPSA) is 90.9 Å². The zero-order chi connectivity index (χ0) is 21.8. The van der Waals surface area contributed by atoms with Gasteiger partial charge >= 0.3 is 5.91 Å². The van der Waals surface area contributed by atoms with Crippen molar-refractivity contribution in [3.8, 4) is 0 Å². The van der Waals surface area contributed by atoms with Gasteiger partial charge in [-0.05, 0) is 38.5 Å². The molecule has 0 aromatic heterocycles. The molecule has 8 heteroatoms. The molecule has 2 fully saturated rings. The Kier molecular flexibility index (Phi) is 7.76. The molecule has 1 aliphatic heterocycles. The normalized spacial score (nSPS) is 22.4. The van der Waals surface area contributed by atoms with E-state index in [-0.39, 0.29) is 22.8 Å². The number of hydrazone groups is 1. The maximum atomic E-state index is 12.8. The summed E-state index contributed by atoms with van der Waals surface area (Å²) in [7, 11) is 1.92. The van der Waals surface area contributed by atoms with Crippen LogP contribution in [0, 0.1) is 11.3 Å². The first-order chi connectivity index (χ1) is 13.4. The van der Waals surface area contributed by atoms with Gasteiger partial charge in [0, 0.05) is 24.3 Å². The minimum Gasteiger partial charge on any atom is -0.347 e. The second-order valence-electron chi connectivity index (χ2n) is 10.0. The molecular weight excluding hydrogens is 388 g/mol. The molecule has 2 amide bonds. The Morgan fingerprint density at radius 1 is 1.21 bits per heavy atom. The quantitative estimate of drug-likeness (QED) is 0.505. The van der Waals surface area contributed by atoms with E-state index in [1.165, 1.54) is 11.8 Å². The lowest BCUT2D eigenvalue weighted by atomic mass is 9.85. The molecule has 0 aromatic rings. The molecule has 1 saturated carbocycles. The number of carbonyl (C=O) groups excluding carboxylic acids is 3. The molecule has 1 unspecified atom stereocenters. The van der Waals surface area contributed by atoms with Crippen LogP contribution in [0.3, 0.4) is 0 Å². The van der Waals surface area contributed by atoms with E-state index in [9.17, 15) is 14.4 Å². The summed E-state index contributed by atoms with van der Waals surface area (Å²) in [5.74, 6) is -0.740. The lowest BCUT2D eigenvalue weighted by Gasteiger charge is -2.28. The van der Waals surface area contributed by atoms with Crippen LogP contribution in [0.4, 0.5) is 0 Å². The number of nitrogens with zero attached hydrogens (tertiary/aromatic N) is 2. The fourth-order valence-corrected chi connectivity index (χ4v) is 4.82. The van der Waals surface area contributed by atoms with E-state index >= 15 is 0 Å². The number of thioether (sulfide) groups is 1. The van der Waals surface area contributed by atoms with Gasteiger partial charge in [0.2, 0.25) is 11.7 Å². The minimum atomic E-state index is -0.838. The first-order valence-electron chi connectivity index (χ1n) is 10.5. The number of Topliss-reactive ketones (excluding diaryl/α,β-unsaturated/α-hetero) is 1. The second kappa shape index (κ2) is 9.49. The van der Waals surface area contributed by atoms with Gasteiger partial charge in [-0.3, -0.25) is 14.4 Å². The summed E-state index contributed by atoms with van der Waals surface area (Å²) >= 11 is 1.54. The molecule has 2 rings (SSSR count). The average molecular weight is 425 g/mol. The zero-order valence-electron chi connectivity index (χ0n) is 18.6. The molecule has 7 nitrogen and oxygen atoms in total. The monoisotopic (exact) mass is 424 g/mol. The Balaban J connectivity index is 2.04. The van der Waals surface area contributed by atoms with Crippen LogP contribution in [0.2, 0.25) is 0 Å². The number of rotatable bonds is 6. The van der Waals surface area contributed by atoms with E-state index < -0.39 is 17.7 Å². The van der Waals surface area contributed by atoms with Crippen LogP contribution in [0.1, 0.15) is 73.1 Å². The van der Waals surface area contributed by atoms with Crippen molar-refractivity contribution in [1.29, 1.82) is 0 Å². The van der Waals surface area contributed by atoms with E-state index in [1.54, 1.807) is 0 Å². The van der Waals surface area contributed by atoms with Gasteiger partial charge in [-0.25, -0.2) is 5.43 Å². The standard InChI is InChI=1S/C21H36N4O3S/c1-20(2,3)12-15(22-17(27)14-10-8-7-9-11-14)16(26)18(28)23-24-19-25(6)21(4,5)13-29-19/h14-15H,7-13H2,1-6H3,(H,22,27)(H,23,28). The summed E-state index contributed by atoms with van der Waals surface area (Å²) in [6, 6.07) is -0.838. The summed E-state index contributed by atoms with van der Waals surface area (Å²) < 4.78 is 0. The van der Waals surface area contributed by atoms with Crippen molar-refractivity contribution in [1.82, 2.24) is 15.6 Å². The number of carbonyl (C=O) groups is 3. The number of nitrogens with one attached hydrogen (secondary N) is 2. The van der Waals surface area contributed by atoms with Gasteiger partial charge in [-0.15, -0.1) is 5.10 Å². The minimum absolute atomic E-state index is 0.0546. The predicted molar refractivity (Wildman–Crippen MR) is 117 cm³/mol. The van der Waals surface area contributed by atoms with Crippen LogP contribution in [0.15, 0.2) is 5.10 Å². The molecule has 0 spiro atoms. The highest BCUT2D eigenvalue weighted by Crippen LogP contribution is 2.30. The van der Waals surface area contributed by atoms with Crippen molar-refractivity contribution >= 4 is 34.5 Å². The van der Waals surface area contributed by atoms with Gasteiger partial charge in [0.25, 0.3) is 0 Å². The molecule has 1 saturated heterocycles. The van der Waals surface area contributed by atoms with Crippen LogP contribution in [-0.4, -0.2) is 52.0 Å². The van der Waals surface area contributed by atoms with Gasteiger partial charge in [0.15, 0.2) is 5.17 Å². The largest absolute Gasteiger partial charge is 0.347 e. The maximum absolute atomic E-state index is 12.8. The number of ketones is 1. The number of amides is 2. The van der Waals surface area contributed by atoms with E-state index in [0.717, 1.165) is 37.9 Å². The Hall–Kier alpha value is -1.57. The zero-order valence-corrected chi connectivity index (χ0v) is 19.4. The van der Waals surface area contributed by atoms with Gasteiger partial charge in [0.05, 0.1) is 6.04 Å². The third kappa shape index (κ3) is 6.73. The molecule has 29 heavy (non-hydrogen) atoms. The van der Waals surface area contributed by atoms with Crippen LogP contribution < -0.4 is 10.7 Å². The molecular formula is C21H36N4O3S. The van der Waals surface area contributed by atoms with Crippen molar-refractivity contribution in [3.63, 3.8) is 0 Å². The fourth-order valence-electron chi connectivity index (χ4n) is 3.59. The third-order valence-electron chi connectivity index (χ3n) is 5.65. The van der Waals surface area contributed by atoms with E-state index in [1.807, 2.05) is 32.7 Å². The summed E-state index contributed by atoms with van der Waals surface area (Å²) in [6.45, 7) is 10.2. The SMILES string of the molecule is CN1C(=NNC(=O)C(=O)C(CC(C)(C)C)NC(=O)C2CCCCC2)SCC1(C)C. The fraction of sp³-hybridized carbons (Fsp3) is 0.810. The molecule has 0 radical (unpaired) electrons. The van der Waals surface area contributed by atoms with Crippen molar-refractivity contribution < 1.29 is 14.4 Å². The van der Waals surface area contributed by atoms with Crippen molar-refractivity contribution in [2.45, 2.75) is 84.7 Å². The van der Waals surface area contributed by atoms with Crippen LogP contribution in [0.5, 0.6) is 0 Å². The van der Waals surface area contributed by atoms with Gasteiger partial charge in [-0.1, -0.05) is 51.8 Å². The molecule has 164 valence electrons. The van der Waals surface area contributed by atoms with Crippen molar-refractivity contribution in [3.05, 3.63) is 0 Å².